The molecule has 0 unspecified atom stereocenters. The van der Waals surface area contributed by atoms with E-state index < -0.39 is 9.84 Å². The Morgan fingerprint density at radius 1 is 1.18 bits per heavy atom. The number of hydrogen-bond acceptors (Lipinski definition) is 7. The van der Waals surface area contributed by atoms with E-state index in [-0.39, 0.29) is 23.1 Å². The molecule has 0 bridgehead atoms. The number of nitrogens with one attached hydrogen (secondary N) is 2. The summed E-state index contributed by atoms with van der Waals surface area (Å²) in [4.78, 5) is 4.58. The molecule has 182 valence electrons. The smallest absolute Gasteiger partial charge is 0.217 e. The molecule has 2 heterocycles. The summed E-state index contributed by atoms with van der Waals surface area (Å²) in [5.41, 5.74) is 2.64. The molecule has 3 aromatic rings. The predicted octanol–water partition coefficient (Wildman–Crippen LogP) is 4.96. The number of sulfone groups is 1. The summed E-state index contributed by atoms with van der Waals surface area (Å²) in [6, 6.07) is 16.1. The molecule has 1 saturated heterocycles. The first kappa shape index (κ1) is 24.9. The first-order chi connectivity index (χ1) is 16.3. The molecule has 0 aliphatic carbocycles. The average Bonchev–Trinajstić information content (AvgIpc) is 3.17. The molecule has 34 heavy (non-hydrogen) atoms. The minimum absolute atomic E-state index is 0.0130. The van der Waals surface area contributed by atoms with Gasteiger partial charge in [-0.25, -0.2) is 13.4 Å². The highest BCUT2D eigenvalue weighted by Crippen LogP contribution is 2.32. The van der Waals surface area contributed by atoms with Crippen LogP contribution >= 0.6 is 11.3 Å². The predicted molar refractivity (Wildman–Crippen MR) is 136 cm³/mol. The second kappa shape index (κ2) is 10.6. The van der Waals surface area contributed by atoms with Gasteiger partial charge in [0.05, 0.1) is 21.7 Å². The van der Waals surface area contributed by atoms with E-state index in [9.17, 15) is 8.42 Å². The lowest BCUT2D eigenvalue weighted by atomic mass is 9.92. The molecule has 4 rings (SSSR count). The maximum atomic E-state index is 13.4. The van der Waals surface area contributed by atoms with Crippen molar-refractivity contribution in [1.82, 2.24) is 15.6 Å². The lowest BCUT2D eigenvalue weighted by Crippen LogP contribution is -2.45. The number of aryl methyl sites for hydroxylation is 2. The van der Waals surface area contributed by atoms with Crippen molar-refractivity contribution in [3.8, 4) is 5.75 Å². The molecule has 2 aromatic carbocycles. The highest BCUT2D eigenvalue weighted by atomic mass is 32.2. The molecule has 2 atom stereocenters. The maximum Gasteiger partial charge on any atom is 0.217 e. The van der Waals surface area contributed by atoms with Gasteiger partial charge in [0.1, 0.15) is 9.96 Å². The number of thiazole rings is 1. The molecule has 1 aliphatic rings. The molecule has 2 N–H and O–H groups in total. The van der Waals surface area contributed by atoms with Crippen molar-refractivity contribution in [2.45, 2.75) is 74.4 Å². The van der Waals surface area contributed by atoms with E-state index in [2.05, 4.69) is 39.9 Å². The molecular formula is C26H33N3O3S2. The number of rotatable bonds is 8. The van der Waals surface area contributed by atoms with Gasteiger partial charge in [-0.15, -0.1) is 11.3 Å². The Labute approximate surface area is 206 Å². The molecule has 6 nitrogen and oxygen atoms in total. The van der Waals surface area contributed by atoms with E-state index >= 15 is 0 Å². The van der Waals surface area contributed by atoms with Crippen LogP contribution in [0.5, 0.6) is 5.75 Å². The summed E-state index contributed by atoms with van der Waals surface area (Å²) in [6.45, 7) is 9.02. The van der Waals surface area contributed by atoms with Crippen molar-refractivity contribution in [2.75, 3.05) is 6.54 Å². The zero-order valence-electron chi connectivity index (χ0n) is 20.2. The van der Waals surface area contributed by atoms with Gasteiger partial charge in [0.2, 0.25) is 9.84 Å². The monoisotopic (exact) mass is 499 g/mol. The third-order valence-electron chi connectivity index (χ3n) is 5.98. The van der Waals surface area contributed by atoms with Crippen LogP contribution in [0.1, 0.15) is 54.6 Å². The maximum absolute atomic E-state index is 13.4. The summed E-state index contributed by atoms with van der Waals surface area (Å²) in [6.07, 6.45) is 2.12. The summed E-state index contributed by atoms with van der Waals surface area (Å²) in [7, 11) is -3.65. The van der Waals surface area contributed by atoms with Crippen LogP contribution in [0.4, 0.5) is 0 Å². The van der Waals surface area contributed by atoms with Gasteiger partial charge in [0.25, 0.3) is 0 Å². The van der Waals surface area contributed by atoms with Crippen molar-refractivity contribution in [2.24, 2.45) is 0 Å². The van der Waals surface area contributed by atoms with Crippen molar-refractivity contribution < 1.29 is 13.2 Å². The Morgan fingerprint density at radius 2 is 1.94 bits per heavy atom. The summed E-state index contributed by atoms with van der Waals surface area (Å²) < 4.78 is 33.1. The number of nitrogens with zero attached hydrogens (tertiary/aromatic N) is 1. The minimum Gasteiger partial charge on any atom is -0.491 e. The second-order valence-electron chi connectivity index (χ2n) is 9.02. The Bertz CT molecular complexity index is 1220. The number of aromatic nitrogens is 1. The van der Waals surface area contributed by atoms with E-state index in [1.807, 2.05) is 26.8 Å². The molecule has 1 fully saturated rings. The van der Waals surface area contributed by atoms with Gasteiger partial charge >= 0.3 is 0 Å². The molecular weight excluding hydrogens is 466 g/mol. The molecule has 0 radical (unpaired) electrons. The van der Waals surface area contributed by atoms with Crippen LogP contribution < -0.4 is 15.4 Å². The zero-order valence-corrected chi connectivity index (χ0v) is 21.8. The Morgan fingerprint density at radius 3 is 2.62 bits per heavy atom. The van der Waals surface area contributed by atoms with Gasteiger partial charge in [0, 0.05) is 24.2 Å². The Kier molecular flexibility index (Phi) is 7.72. The van der Waals surface area contributed by atoms with Crippen LogP contribution in [-0.4, -0.2) is 32.1 Å². The van der Waals surface area contributed by atoms with Gasteiger partial charge in [-0.1, -0.05) is 30.3 Å². The SMILES string of the molecule is Cc1nc(C)c(S(=O)(=O)c2ccc(OC(C)C)c(CN[C@H]3CCCN[C@@H]3c3ccccc3)c2)s1. The van der Waals surface area contributed by atoms with E-state index in [4.69, 9.17) is 4.74 Å². The topological polar surface area (TPSA) is 80.3 Å². The summed E-state index contributed by atoms with van der Waals surface area (Å²) >= 11 is 1.22. The van der Waals surface area contributed by atoms with Gasteiger partial charge < -0.3 is 15.4 Å². The fraction of sp³-hybridized carbons (Fsp3) is 0.423. The van der Waals surface area contributed by atoms with Crippen molar-refractivity contribution in [3.05, 3.63) is 70.4 Å². The van der Waals surface area contributed by atoms with Gasteiger partial charge in [-0.2, -0.15) is 0 Å². The fourth-order valence-electron chi connectivity index (χ4n) is 4.46. The fourth-order valence-corrected chi connectivity index (χ4v) is 7.39. The molecule has 0 amide bonds. The summed E-state index contributed by atoms with van der Waals surface area (Å²) in [5, 5.41) is 8.07. The average molecular weight is 500 g/mol. The number of hydrogen-bond donors (Lipinski definition) is 2. The minimum atomic E-state index is -3.65. The molecule has 8 heteroatoms. The van der Waals surface area contributed by atoms with Crippen LogP contribution in [0.3, 0.4) is 0 Å². The van der Waals surface area contributed by atoms with Gasteiger partial charge in [0.15, 0.2) is 0 Å². The van der Waals surface area contributed by atoms with Crippen LogP contribution in [0, 0.1) is 13.8 Å². The Hall–Kier alpha value is -2.26. The highest BCUT2D eigenvalue weighted by Gasteiger charge is 2.27. The number of benzene rings is 2. The molecule has 0 saturated carbocycles. The van der Waals surface area contributed by atoms with Crippen LogP contribution in [-0.2, 0) is 16.4 Å². The van der Waals surface area contributed by atoms with E-state index in [1.54, 1.807) is 25.1 Å². The largest absolute Gasteiger partial charge is 0.491 e. The second-order valence-corrected chi connectivity index (χ2v) is 12.4. The van der Waals surface area contributed by atoms with E-state index in [1.165, 1.54) is 16.9 Å². The van der Waals surface area contributed by atoms with Crippen molar-refractivity contribution in [3.63, 3.8) is 0 Å². The third kappa shape index (κ3) is 5.51. The highest BCUT2D eigenvalue weighted by molar-refractivity contribution is 7.93. The van der Waals surface area contributed by atoms with Crippen molar-refractivity contribution in [1.29, 1.82) is 0 Å². The lowest BCUT2D eigenvalue weighted by molar-refractivity contribution is 0.237. The molecule has 1 aliphatic heterocycles. The normalized spacial score (nSPS) is 18.9. The van der Waals surface area contributed by atoms with Crippen LogP contribution in [0.25, 0.3) is 0 Å². The quantitative estimate of drug-likeness (QED) is 0.456. The first-order valence-electron chi connectivity index (χ1n) is 11.8. The van der Waals surface area contributed by atoms with Crippen LogP contribution in [0.15, 0.2) is 57.6 Å². The lowest BCUT2D eigenvalue weighted by Gasteiger charge is -2.34. The van der Waals surface area contributed by atoms with Crippen LogP contribution in [0.2, 0.25) is 0 Å². The number of ether oxygens (including phenoxy) is 1. The van der Waals surface area contributed by atoms with E-state index in [0.717, 1.165) is 30.0 Å². The summed E-state index contributed by atoms with van der Waals surface area (Å²) in [5.74, 6) is 0.707. The zero-order chi connectivity index (χ0) is 24.3. The standard InChI is InChI=1S/C26H33N3O3S2/c1-17(2)32-24-13-12-22(34(30,31)26-18(3)29-19(4)33-26)15-21(24)16-28-23-11-8-14-27-25(23)20-9-6-5-7-10-20/h5-7,9-10,12-13,15,17,23,25,27-28H,8,11,14,16H2,1-4H3/t23-,25+/m0/s1. The van der Waals surface area contributed by atoms with Crippen molar-refractivity contribution >= 4 is 21.2 Å². The first-order valence-corrected chi connectivity index (χ1v) is 14.1. The molecule has 1 aromatic heterocycles. The Balaban J connectivity index is 1.62. The van der Waals surface area contributed by atoms with Gasteiger partial charge in [-0.3, -0.25) is 0 Å². The number of piperidine rings is 1. The molecule has 0 spiro atoms. The van der Waals surface area contributed by atoms with Gasteiger partial charge in [-0.05, 0) is 70.8 Å². The third-order valence-corrected chi connectivity index (χ3v) is 9.42. The van der Waals surface area contributed by atoms with E-state index in [0.29, 0.717) is 22.2 Å².